The molecule has 1 fully saturated rings. The van der Waals surface area contributed by atoms with Gasteiger partial charge in [0, 0.05) is 18.7 Å². The second kappa shape index (κ2) is 13.9. The molecule has 1 N–H and O–H groups in total. The molecule has 8 heteroatoms. The molecule has 2 aromatic carbocycles. The number of amides is 1. The zero-order chi connectivity index (χ0) is 27.7. The van der Waals surface area contributed by atoms with E-state index in [1.807, 2.05) is 24.3 Å². The normalized spacial score (nSPS) is 16.8. The van der Waals surface area contributed by atoms with Crippen LogP contribution < -0.4 is 14.2 Å². The van der Waals surface area contributed by atoms with Crippen LogP contribution in [-0.2, 0) is 9.59 Å². The van der Waals surface area contributed by atoms with Crippen molar-refractivity contribution in [3.05, 3.63) is 59.2 Å². The Labute approximate surface area is 225 Å². The lowest BCUT2D eigenvalue weighted by atomic mass is 9.95. The Morgan fingerprint density at radius 3 is 2.24 bits per heavy atom. The maximum atomic E-state index is 13.3. The van der Waals surface area contributed by atoms with E-state index in [4.69, 9.17) is 14.2 Å². The number of carbonyl (C=O) groups is 2. The van der Waals surface area contributed by atoms with Crippen LogP contribution in [0.4, 0.5) is 0 Å². The molecule has 0 aromatic heterocycles. The maximum Gasteiger partial charge on any atom is 0.295 e. The highest BCUT2D eigenvalue weighted by molar-refractivity contribution is 6.46. The monoisotopic (exact) mass is 524 g/mol. The molecule has 1 saturated heterocycles. The number of ether oxygens (including phenoxy) is 3. The third-order valence-electron chi connectivity index (χ3n) is 6.96. The Hall–Kier alpha value is -3.52. The number of aliphatic hydroxyl groups excluding tert-OH is 1. The molecule has 1 aliphatic rings. The van der Waals surface area contributed by atoms with Gasteiger partial charge in [-0.1, -0.05) is 45.7 Å². The minimum absolute atomic E-state index is 0.0541. The number of ketones is 1. The summed E-state index contributed by atoms with van der Waals surface area (Å²) >= 11 is 0. The number of carbonyl (C=O) groups excluding carboxylic acids is 2. The SMILES string of the molecule is CCCCCOc1ccc([C@@H]2C(=C(O)c3ccc(OC)c(OC)c3)C(=O)C(=O)N2CCN(CC)CC)cc1. The number of benzene rings is 2. The Bertz CT molecular complexity index is 1120. The fourth-order valence-corrected chi connectivity index (χ4v) is 4.67. The molecule has 0 saturated carbocycles. The van der Waals surface area contributed by atoms with Gasteiger partial charge in [0.15, 0.2) is 11.5 Å². The smallest absolute Gasteiger partial charge is 0.295 e. The number of hydrogen-bond acceptors (Lipinski definition) is 7. The number of Topliss-reactive ketones (excluding diaryl/α,β-unsaturated/α-hetero) is 1. The molecule has 0 unspecified atom stereocenters. The summed E-state index contributed by atoms with van der Waals surface area (Å²) in [5.41, 5.74) is 1.15. The van der Waals surface area contributed by atoms with Crippen LogP contribution in [0.2, 0.25) is 0 Å². The first-order valence-corrected chi connectivity index (χ1v) is 13.4. The van der Waals surface area contributed by atoms with Crippen molar-refractivity contribution in [1.29, 1.82) is 0 Å². The van der Waals surface area contributed by atoms with Gasteiger partial charge >= 0.3 is 0 Å². The van der Waals surface area contributed by atoms with Crippen molar-refractivity contribution in [2.75, 3.05) is 47.0 Å². The van der Waals surface area contributed by atoms with Crippen LogP contribution in [0.5, 0.6) is 17.2 Å². The molecule has 1 atom stereocenters. The molecular weight excluding hydrogens is 484 g/mol. The minimum Gasteiger partial charge on any atom is -0.507 e. The first-order chi connectivity index (χ1) is 18.4. The Morgan fingerprint density at radius 1 is 0.947 bits per heavy atom. The largest absolute Gasteiger partial charge is 0.507 e. The highest BCUT2D eigenvalue weighted by Gasteiger charge is 2.46. The van der Waals surface area contributed by atoms with Crippen LogP contribution in [0.3, 0.4) is 0 Å². The molecule has 2 aromatic rings. The van der Waals surface area contributed by atoms with Crippen LogP contribution in [0.1, 0.15) is 57.2 Å². The first kappa shape index (κ1) is 29.0. The second-order valence-corrected chi connectivity index (χ2v) is 9.21. The van der Waals surface area contributed by atoms with E-state index in [9.17, 15) is 14.7 Å². The highest BCUT2D eigenvalue weighted by Crippen LogP contribution is 2.41. The van der Waals surface area contributed by atoms with Gasteiger partial charge < -0.3 is 29.1 Å². The molecular formula is C30H40N2O6. The van der Waals surface area contributed by atoms with Crippen LogP contribution in [0, 0.1) is 0 Å². The van der Waals surface area contributed by atoms with E-state index >= 15 is 0 Å². The van der Waals surface area contributed by atoms with Gasteiger partial charge in [-0.05, 0) is 55.4 Å². The number of unbranched alkanes of at least 4 members (excludes halogenated alkanes) is 2. The third kappa shape index (κ3) is 6.48. The summed E-state index contributed by atoms with van der Waals surface area (Å²) < 4.78 is 16.5. The molecule has 0 bridgehead atoms. The van der Waals surface area contributed by atoms with Crippen molar-refractivity contribution in [1.82, 2.24) is 9.80 Å². The summed E-state index contributed by atoms with van der Waals surface area (Å²) in [6, 6.07) is 11.6. The highest BCUT2D eigenvalue weighted by atomic mass is 16.5. The molecule has 1 aliphatic heterocycles. The number of hydrogen-bond donors (Lipinski definition) is 1. The summed E-state index contributed by atoms with van der Waals surface area (Å²) in [5.74, 6) is 0.0541. The molecule has 0 aliphatic carbocycles. The molecule has 1 heterocycles. The van der Waals surface area contributed by atoms with E-state index < -0.39 is 17.7 Å². The number of nitrogens with zero attached hydrogens (tertiary/aromatic N) is 2. The number of aliphatic hydroxyl groups is 1. The van der Waals surface area contributed by atoms with Gasteiger partial charge in [0.05, 0.1) is 32.4 Å². The van der Waals surface area contributed by atoms with E-state index in [0.717, 1.165) is 43.7 Å². The van der Waals surface area contributed by atoms with Crippen molar-refractivity contribution in [2.45, 2.75) is 46.1 Å². The molecule has 8 nitrogen and oxygen atoms in total. The van der Waals surface area contributed by atoms with Crippen molar-refractivity contribution in [3.8, 4) is 17.2 Å². The summed E-state index contributed by atoms with van der Waals surface area (Å²) in [4.78, 5) is 30.4. The van der Waals surface area contributed by atoms with Crippen LogP contribution >= 0.6 is 0 Å². The molecule has 206 valence electrons. The molecule has 0 spiro atoms. The number of rotatable bonds is 14. The van der Waals surface area contributed by atoms with E-state index in [1.165, 1.54) is 14.2 Å². The number of methoxy groups -OCH3 is 2. The predicted molar refractivity (Wildman–Crippen MR) is 148 cm³/mol. The zero-order valence-electron chi connectivity index (χ0n) is 23.2. The third-order valence-corrected chi connectivity index (χ3v) is 6.96. The van der Waals surface area contributed by atoms with Crippen molar-refractivity contribution in [2.24, 2.45) is 0 Å². The lowest BCUT2D eigenvalue weighted by Gasteiger charge is -2.28. The Balaban J connectivity index is 2.03. The van der Waals surface area contributed by atoms with Crippen LogP contribution in [0.25, 0.3) is 5.76 Å². The average Bonchev–Trinajstić information content (AvgIpc) is 3.20. The summed E-state index contributed by atoms with van der Waals surface area (Å²) in [6.45, 7) is 9.54. The van der Waals surface area contributed by atoms with Gasteiger partial charge in [-0.2, -0.15) is 0 Å². The standard InChI is InChI=1S/C30H40N2O6/c1-6-9-10-19-38-23-14-11-21(12-15-23)27-26(28(33)22-13-16-24(36-4)25(20-22)37-5)29(34)30(35)32(27)18-17-31(7-2)8-3/h11-16,20,27,33H,6-10,17-19H2,1-5H3/t27-/m1/s1. The van der Waals surface area contributed by atoms with Crippen LogP contribution in [0.15, 0.2) is 48.0 Å². The predicted octanol–water partition coefficient (Wildman–Crippen LogP) is 5.04. The van der Waals surface area contributed by atoms with E-state index in [-0.39, 0.29) is 11.3 Å². The van der Waals surface area contributed by atoms with Gasteiger partial charge in [-0.3, -0.25) is 9.59 Å². The summed E-state index contributed by atoms with van der Waals surface area (Å²) in [6.07, 6.45) is 3.21. The van der Waals surface area contributed by atoms with Crippen molar-refractivity contribution in [3.63, 3.8) is 0 Å². The van der Waals surface area contributed by atoms with Crippen LogP contribution in [-0.4, -0.2) is 73.6 Å². The average molecular weight is 525 g/mol. The molecule has 0 radical (unpaired) electrons. The van der Waals surface area contributed by atoms with E-state index in [1.54, 1.807) is 23.1 Å². The Morgan fingerprint density at radius 2 is 1.63 bits per heavy atom. The topological polar surface area (TPSA) is 88.5 Å². The fraction of sp³-hybridized carbons (Fsp3) is 0.467. The molecule has 38 heavy (non-hydrogen) atoms. The van der Waals surface area contributed by atoms with Gasteiger partial charge in [0.25, 0.3) is 11.7 Å². The van der Waals surface area contributed by atoms with Gasteiger partial charge in [0.1, 0.15) is 11.5 Å². The first-order valence-electron chi connectivity index (χ1n) is 13.4. The molecule has 3 rings (SSSR count). The van der Waals surface area contributed by atoms with Gasteiger partial charge in [-0.25, -0.2) is 0 Å². The van der Waals surface area contributed by atoms with Gasteiger partial charge in [-0.15, -0.1) is 0 Å². The molecule has 1 amide bonds. The van der Waals surface area contributed by atoms with Crippen molar-refractivity contribution < 1.29 is 28.9 Å². The van der Waals surface area contributed by atoms with Crippen molar-refractivity contribution >= 4 is 17.4 Å². The zero-order valence-corrected chi connectivity index (χ0v) is 23.2. The maximum absolute atomic E-state index is 13.3. The minimum atomic E-state index is -0.729. The summed E-state index contributed by atoms with van der Waals surface area (Å²) in [7, 11) is 3.02. The lowest BCUT2D eigenvalue weighted by Crippen LogP contribution is -2.38. The quantitative estimate of drug-likeness (QED) is 0.160. The number of likely N-dealkylation sites (N-methyl/N-ethyl adjacent to an activating group) is 1. The fourth-order valence-electron chi connectivity index (χ4n) is 4.67. The number of likely N-dealkylation sites (tertiary alicyclic amines) is 1. The van der Waals surface area contributed by atoms with E-state index in [2.05, 4.69) is 25.7 Å². The van der Waals surface area contributed by atoms with Gasteiger partial charge in [0.2, 0.25) is 0 Å². The summed E-state index contributed by atoms with van der Waals surface area (Å²) in [5, 5.41) is 11.4. The van der Waals surface area contributed by atoms with E-state index in [0.29, 0.717) is 36.8 Å². The second-order valence-electron chi connectivity index (χ2n) is 9.21. The Kier molecular flexibility index (Phi) is 10.6. The lowest BCUT2D eigenvalue weighted by molar-refractivity contribution is -0.140.